The Labute approximate surface area is 153 Å². The Balaban J connectivity index is 1.87. The quantitative estimate of drug-likeness (QED) is 0.668. The molecule has 0 saturated carbocycles. The molecule has 0 fully saturated rings. The maximum atomic E-state index is 13.8. The minimum Gasteiger partial charge on any atom is -0.465 e. The van der Waals surface area contributed by atoms with Crippen LogP contribution in [0, 0.1) is 5.82 Å². The topological polar surface area (TPSA) is 68.5 Å². The summed E-state index contributed by atoms with van der Waals surface area (Å²) in [6, 6.07) is 13.3. The van der Waals surface area contributed by atoms with E-state index in [-0.39, 0.29) is 28.3 Å². The van der Waals surface area contributed by atoms with Gasteiger partial charge in [0.05, 0.1) is 23.9 Å². The van der Waals surface area contributed by atoms with Gasteiger partial charge in [0.1, 0.15) is 11.6 Å². The fourth-order valence-electron chi connectivity index (χ4n) is 2.36. The molecule has 7 heteroatoms. The van der Waals surface area contributed by atoms with Gasteiger partial charge < -0.3 is 14.5 Å². The number of methoxy groups -OCH3 is 1. The zero-order chi connectivity index (χ0) is 18.7. The summed E-state index contributed by atoms with van der Waals surface area (Å²) in [4.78, 5) is 24.2. The minimum atomic E-state index is -0.622. The summed E-state index contributed by atoms with van der Waals surface area (Å²) in [5.74, 6) is -1.52. The molecule has 0 aliphatic heterocycles. The van der Waals surface area contributed by atoms with Crippen molar-refractivity contribution in [2.75, 3.05) is 12.4 Å². The van der Waals surface area contributed by atoms with Gasteiger partial charge >= 0.3 is 5.97 Å². The predicted octanol–water partition coefficient (Wildman–Crippen LogP) is 4.78. The van der Waals surface area contributed by atoms with Crippen molar-refractivity contribution in [2.24, 2.45) is 0 Å². The van der Waals surface area contributed by atoms with Crippen LogP contribution in [0.3, 0.4) is 0 Å². The molecule has 0 aliphatic rings. The highest BCUT2D eigenvalue weighted by molar-refractivity contribution is 6.31. The molecule has 3 aromatic rings. The first kappa shape index (κ1) is 17.7. The smallest absolute Gasteiger partial charge is 0.339 e. The van der Waals surface area contributed by atoms with Gasteiger partial charge in [0.2, 0.25) is 0 Å². The number of hydrogen-bond donors (Lipinski definition) is 1. The maximum Gasteiger partial charge on any atom is 0.339 e. The molecule has 5 nitrogen and oxygen atoms in total. The summed E-state index contributed by atoms with van der Waals surface area (Å²) < 4.78 is 24.0. The molecular formula is C19H13ClFNO4. The molecule has 0 spiro atoms. The summed E-state index contributed by atoms with van der Waals surface area (Å²) in [5.41, 5.74) is 0.564. The van der Waals surface area contributed by atoms with Crippen LogP contribution in [0.15, 0.2) is 59.0 Å². The van der Waals surface area contributed by atoms with Crippen molar-refractivity contribution >= 4 is 29.2 Å². The molecular weight excluding hydrogens is 361 g/mol. The van der Waals surface area contributed by atoms with Gasteiger partial charge in [-0.05, 0) is 42.5 Å². The zero-order valence-corrected chi connectivity index (χ0v) is 14.3. The first-order chi connectivity index (χ1) is 12.5. The van der Waals surface area contributed by atoms with E-state index in [9.17, 15) is 14.0 Å². The van der Waals surface area contributed by atoms with Crippen LogP contribution in [0.1, 0.15) is 20.9 Å². The SMILES string of the molecule is COC(=O)c1ccc(Cl)cc1NC(=O)c1ccc(-c2ccccc2F)o1. The van der Waals surface area contributed by atoms with Crippen molar-refractivity contribution in [1.82, 2.24) is 0 Å². The van der Waals surface area contributed by atoms with Gasteiger partial charge in [-0.1, -0.05) is 23.7 Å². The second kappa shape index (κ2) is 7.41. The van der Waals surface area contributed by atoms with Crippen LogP contribution >= 0.6 is 11.6 Å². The number of halogens is 2. The van der Waals surface area contributed by atoms with Gasteiger partial charge in [-0.2, -0.15) is 0 Å². The van der Waals surface area contributed by atoms with E-state index in [0.29, 0.717) is 5.02 Å². The molecule has 2 aromatic carbocycles. The molecule has 0 saturated heterocycles. The standard InChI is InChI=1S/C19H13ClFNO4/c1-25-19(24)13-7-6-11(20)10-15(13)22-18(23)17-9-8-16(26-17)12-4-2-3-5-14(12)21/h2-10H,1H3,(H,22,23). The minimum absolute atomic E-state index is 0.0426. The van der Waals surface area contributed by atoms with Crippen molar-refractivity contribution in [3.05, 3.63) is 76.8 Å². The van der Waals surface area contributed by atoms with Crippen LogP contribution in [0.4, 0.5) is 10.1 Å². The van der Waals surface area contributed by atoms with Gasteiger partial charge in [-0.3, -0.25) is 4.79 Å². The number of nitrogens with one attached hydrogen (secondary N) is 1. The van der Waals surface area contributed by atoms with E-state index >= 15 is 0 Å². The summed E-state index contributed by atoms with van der Waals surface area (Å²) >= 11 is 5.93. The van der Waals surface area contributed by atoms with Gasteiger partial charge in [-0.25, -0.2) is 9.18 Å². The van der Waals surface area contributed by atoms with E-state index in [0.717, 1.165) is 0 Å². The van der Waals surface area contributed by atoms with Crippen LogP contribution in [0.2, 0.25) is 5.02 Å². The monoisotopic (exact) mass is 373 g/mol. The lowest BCUT2D eigenvalue weighted by Gasteiger charge is -2.09. The molecule has 0 radical (unpaired) electrons. The number of benzene rings is 2. The van der Waals surface area contributed by atoms with Crippen molar-refractivity contribution < 1.29 is 23.1 Å². The van der Waals surface area contributed by atoms with E-state index in [1.165, 1.54) is 43.5 Å². The number of ether oxygens (including phenoxy) is 1. The lowest BCUT2D eigenvalue weighted by Crippen LogP contribution is -2.14. The average molecular weight is 374 g/mol. The Bertz CT molecular complexity index is 983. The number of carbonyl (C=O) groups is 2. The van der Waals surface area contributed by atoms with Gasteiger partial charge in [0, 0.05) is 5.02 Å². The highest BCUT2D eigenvalue weighted by Crippen LogP contribution is 2.26. The Morgan fingerprint density at radius 3 is 2.62 bits per heavy atom. The highest BCUT2D eigenvalue weighted by Gasteiger charge is 2.18. The van der Waals surface area contributed by atoms with Gasteiger partial charge in [0.25, 0.3) is 5.91 Å². The van der Waals surface area contributed by atoms with Crippen molar-refractivity contribution in [1.29, 1.82) is 0 Å². The molecule has 26 heavy (non-hydrogen) atoms. The molecule has 1 heterocycles. The summed E-state index contributed by atoms with van der Waals surface area (Å²) in [5, 5.41) is 2.88. The van der Waals surface area contributed by atoms with Crippen LogP contribution < -0.4 is 5.32 Å². The van der Waals surface area contributed by atoms with Crippen molar-refractivity contribution in [2.45, 2.75) is 0 Å². The van der Waals surface area contributed by atoms with E-state index in [1.54, 1.807) is 18.2 Å². The van der Waals surface area contributed by atoms with Crippen molar-refractivity contribution in [3.8, 4) is 11.3 Å². The second-order valence-electron chi connectivity index (χ2n) is 5.28. The molecule has 3 rings (SSSR count). The Morgan fingerprint density at radius 1 is 1.12 bits per heavy atom. The third-order valence-electron chi connectivity index (χ3n) is 3.60. The normalized spacial score (nSPS) is 10.4. The molecule has 0 atom stereocenters. The number of carbonyl (C=O) groups excluding carboxylic acids is 2. The number of furan rings is 1. The van der Waals surface area contributed by atoms with Crippen LogP contribution in [-0.2, 0) is 4.74 Å². The third-order valence-corrected chi connectivity index (χ3v) is 3.84. The molecule has 0 bridgehead atoms. The Kier molecular flexibility index (Phi) is 5.04. The molecule has 132 valence electrons. The first-order valence-electron chi connectivity index (χ1n) is 7.53. The fraction of sp³-hybridized carbons (Fsp3) is 0.0526. The lowest BCUT2D eigenvalue weighted by atomic mass is 10.1. The van der Waals surface area contributed by atoms with Gasteiger partial charge in [0.15, 0.2) is 5.76 Å². The third kappa shape index (κ3) is 3.60. The first-order valence-corrected chi connectivity index (χ1v) is 7.91. The molecule has 0 unspecified atom stereocenters. The molecule has 1 aromatic heterocycles. The lowest BCUT2D eigenvalue weighted by molar-refractivity contribution is 0.0602. The number of rotatable bonds is 4. The molecule has 0 aliphatic carbocycles. The predicted molar refractivity (Wildman–Crippen MR) is 94.8 cm³/mol. The summed E-state index contributed by atoms with van der Waals surface area (Å²) in [6.45, 7) is 0. The maximum absolute atomic E-state index is 13.8. The number of amides is 1. The molecule has 1 N–H and O–H groups in total. The van der Waals surface area contributed by atoms with E-state index < -0.39 is 17.7 Å². The van der Waals surface area contributed by atoms with E-state index in [4.69, 9.17) is 16.0 Å². The van der Waals surface area contributed by atoms with Gasteiger partial charge in [-0.15, -0.1) is 0 Å². The van der Waals surface area contributed by atoms with E-state index in [2.05, 4.69) is 10.1 Å². The van der Waals surface area contributed by atoms with Crippen LogP contribution in [-0.4, -0.2) is 19.0 Å². The largest absolute Gasteiger partial charge is 0.465 e. The number of esters is 1. The Morgan fingerprint density at radius 2 is 1.88 bits per heavy atom. The van der Waals surface area contributed by atoms with Crippen LogP contribution in [0.25, 0.3) is 11.3 Å². The second-order valence-corrected chi connectivity index (χ2v) is 5.72. The highest BCUT2D eigenvalue weighted by atomic mass is 35.5. The van der Waals surface area contributed by atoms with Crippen molar-refractivity contribution in [3.63, 3.8) is 0 Å². The van der Waals surface area contributed by atoms with Crippen LogP contribution in [0.5, 0.6) is 0 Å². The molecule has 1 amide bonds. The zero-order valence-electron chi connectivity index (χ0n) is 13.6. The van der Waals surface area contributed by atoms with E-state index in [1.807, 2.05) is 0 Å². The number of hydrogen-bond acceptors (Lipinski definition) is 4. The number of anilines is 1. The fourth-order valence-corrected chi connectivity index (χ4v) is 2.53. The summed E-state index contributed by atoms with van der Waals surface area (Å²) in [7, 11) is 1.23. The Hall–Kier alpha value is -3.12. The summed E-state index contributed by atoms with van der Waals surface area (Å²) in [6.07, 6.45) is 0. The average Bonchev–Trinajstić information content (AvgIpc) is 3.11.